The maximum Gasteiger partial charge on any atom is 0.240 e. The summed E-state index contributed by atoms with van der Waals surface area (Å²) in [6.45, 7) is 3.03. The maximum absolute atomic E-state index is 12.2. The van der Waals surface area contributed by atoms with Gasteiger partial charge in [-0.15, -0.1) is 0 Å². The van der Waals surface area contributed by atoms with E-state index in [0.29, 0.717) is 5.56 Å². The Kier molecular flexibility index (Phi) is 6.19. The monoisotopic (exact) mass is 317 g/mol. The summed E-state index contributed by atoms with van der Waals surface area (Å²) in [5.41, 5.74) is 0.467. The Balaban J connectivity index is 2.91. The highest BCUT2D eigenvalue weighted by Crippen LogP contribution is 2.15. The fourth-order valence-electron chi connectivity index (χ4n) is 1.69. The summed E-state index contributed by atoms with van der Waals surface area (Å²) in [4.78, 5) is 11.3. The number of nitrogens with one attached hydrogen (secondary N) is 1. The zero-order chi connectivity index (χ0) is 15.3. The molecule has 0 bridgehead atoms. The average molecular weight is 317 g/mol. The third kappa shape index (κ3) is 4.31. The number of thioether (sulfide) groups is 1. The van der Waals surface area contributed by atoms with Gasteiger partial charge >= 0.3 is 0 Å². The molecule has 20 heavy (non-hydrogen) atoms. The fraction of sp³-hybridized carbons (Fsp3) is 0.462. The molecule has 0 aromatic heterocycles. The Morgan fingerprint density at radius 3 is 2.30 bits per heavy atom. The van der Waals surface area contributed by atoms with Gasteiger partial charge in [-0.25, -0.2) is 13.1 Å². The standard InChI is InChI=1S/C13H19NO4S2/c1-9(13(8-15)19-3)14-20(17,18)12-6-4-11(5-7-12)10(2)16/h4-7,9,13-15H,8H2,1-3H3. The lowest BCUT2D eigenvalue weighted by molar-refractivity contribution is 0.101. The van der Waals surface area contributed by atoms with Crippen LogP contribution in [0.25, 0.3) is 0 Å². The molecule has 5 nitrogen and oxygen atoms in total. The van der Waals surface area contributed by atoms with Crippen LogP contribution in [0.5, 0.6) is 0 Å². The van der Waals surface area contributed by atoms with Crippen molar-refractivity contribution >= 4 is 27.6 Å². The molecule has 0 aliphatic carbocycles. The fourth-order valence-corrected chi connectivity index (χ4v) is 3.69. The quantitative estimate of drug-likeness (QED) is 0.740. The molecule has 1 rings (SSSR count). The Morgan fingerprint density at radius 1 is 1.35 bits per heavy atom. The molecule has 2 unspecified atom stereocenters. The molecule has 0 spiro atoms. The average Bonchev–Trinajstić information content (AvgIpc) is 2.39. The highest BCUT2D eigenvalue weighted by Gasteiger charge is 2.22. The summed E-state index contributed by atoms with van der Waals surface area (Å²) in [5.74, 6) is -0.113. The summed E-state index contributed by atoms with van der Waals surface area (Å²) < 4.78 is 26.9. The number of sulfonamides is 1. The third-order valence-corrected chi connectivity index (χ3v) is 5.69. The van der Waals surface area contributed by atoms with Gasteiger partial charge in [0.15, 0.2) is 5.78 Å². The number of hydrogen-bond donors (Lipinski definition) is 2. The molecule has 1 aromatic rings. The highest BCUT2D eigenvalue weighted by atomic mass is 32.2. The van der Waals surface area contributed by atoms with Crippen LogP contribution in [0, 0.1) is 0 Å². The van der Waals surface area contributed by atoms with Crippen LogP contribution < -0.4 is 4.72 Å². The van der Waals surface area contributed by atoms with E-state index in [4.69, 9.17) is 5.11 Å². The minimum Gasteiger partial charge on any atom is -0.395 e. The highest BCUT2D eigenvalue weighted by molar-refractivity contribution is 7.99. The van der Waals surface area contributed by atoms with Crippen molar-refractivity contribution in [3.8, 4) is 0 Å². The Bertz CT molecular complexity index is 550. The number of rotatable bonds is 7. The molecule has 2 N–H and O–H groups in total. The number of ketones is 1. The van der Waals surface area contributed by atoms with Crippen molar-refractivity contribution in [2.45, 2.75) is 30.0 Å². The lowest BCUT2D eigenvalue weighted by Crippen LogP contribution is -2.41. The van der Waals surface area contributed by atoms with Crippen molar-refractivity contribution < 1.29 is 18.3 Å². The summed E-state index contributed by atoms with van der Waals surface area (Å²) in [6, 6.07) is 5.38. The van der Waals surface area contributed by atoms with E-state index in [2.05, 4.69) is 4.72 Å². The minimum absolute atomic E-state index is 0.103. The number of carbonyl (C=O) groups is 1. The van der Waals surface area contributed by atoms with Crippen molar-refractivity contribution in [1.29, 1.82) is 0 Å². The molecule has 7 heteroatoms. The lowest BCUT2D eigenvalue weighted by Gasteiger charge is -2.21. The van der Waals surface area contributed by atoms with Crippen LogP contribution in [0.1, 0.15) is 24.2 Å². The van der Waals surface area contributed by atoms with Gasteiger partial charge in [0.2, 0.25) is 10.0 Å². The van der Waals surface area contributed by atoms with E-state index in [1.54, 1.807) is 6.92 Å². The first kappa shape index (κ1) is 17.2. The van der Waals surface area contributed by atoms with E-state index in [9.17, 15) is 13.2 Å². The van der Waals surface area contributed by atoms with Gasteiger partial charge in [-0.05, 0) is 32.2 Å². The van der Waals surface area contributed by atoms with E-state index in [1.807, 2.05) is 6.26 Å². The zero-order valence-electron chi connectivity index (χ0n) is 11.7. The van der Waals surface area contributed by atoms with Crippen LogP contribution in [0.3, 0.4) is 0 Å². The maximum atomic E-state index is 12.2. The molecule has 0 aliphatic heterocycles. The number of hydrogen-bond acceptors (Lipinski definition) is 5. The molecule has 0 aliphatic rings. The predicted molar refractivity (Wildman–Crippen MR) is 80.6 cm³/mol. The minimum atomic E-state index is -3.65. The summed E-state index contributed by atoms with van der Waals surface area (Å²) in [7, 11) is -3.65. The zero-order valence-corrected chi connectivity index (χ0v) is 13.3. The van der Waals surface area contributed by atoms with Crippen LogP contribution >= 0.6 is 11.8 Å². The first-order chi connectivity index (χ1) is 9.31. The van der Waals surface area contributed by atoms with Gasteiger partial charge in [0.05, 0.1) is 11.5 Å². The SMILES string of the molecule is CSC(CO)C(C)NS(=O)(=O)c1ccc(C(C)=O)cc1. The Hall–Kier alpha value is -0.890. The Morgan fingerprint density at radius 2 is 1.90 bits per heavy atom. The summed E-state index contributed by atoms with van der Waals surface area (Å²) >= 11 is 1.40. The van der Waals surface area contributed by atoms with E-state index >= 15 is 0 Å². The van der Waals surface area contributed by atoms with E-state index < -0.39 is 16.1 Å². The van der Waals surface area contributed by atoms with Gasteiger partial charge < -0.3 is 5.11 Å². The topological polar surface area (TPSA) is 83.5 Å². The molecule has 0 saturated carbocycles. The van der Waals surface area contributed by atoms with Gasteiger partial charge in [-0.1, -0.05) is 12.1 Å². The second-order valence-corrected chi connectivity index (χ2v) is 7.24. The van der Waals surface area contributed by atoms with E-state index in [0.717, 1.165) is 0 Å². The van der Waals surface area contributed by atoms with Crippen molar-refractivity contribution in [3.63, 3.8) is 0 Å². The van der Waals surface area contributed by atoms with E-state index in [1.165, 1.54) is 43.0 Å². The molecule has 0 fully saturated rings. The van der Waals surface area contributed by atoms with Crippen molar-refractivity contribution in [1.82, 2.24) is 4.72 Å². The van der Waals surface area contributed by atoms with Crippen LogP contribution in [-0.4, -0.2) is 43.5 Å². The molecular weight excluding hydrogens is 298 g/mol. The van der Waals surface area contributed by atoms with Crippen LogP contribution in [0.4, 0.5) is 0 Å². The first-order valence-corrected chi connectivity index (χ1v) is 8.86. The van der Waals surface area contributed by atoms with Crippen molar-refractivity contribution in [2.75, 3.05) is 12.9 Å². The van der Waals surface area contributed by atoms with Crippen LogP contribution in [0.15, 0.2) is 29.2 Å². The summed E-state index contributed by atoms with van der Waals surface area (Å²) in [5, 5.41) is 8.96. The van der Waals surface area contributed by atoms with Crippen LogP contribution in [-0.2, 0) is 10.0 Å². The van der Waals surface area contributed by atoms with Gasteiger partial charge in [-0.2, -0.15) is 11.8 Å². The molecule has 2 atom stereocenters. The smallest absolute Gasteiger partial charge is 0.240 e. The molecule has 0 amide bonds. The van der Waals surface area contributed by atoms with Gasteiger partial charge in [-0.3, -0.25) is 4.79 Å². The summed E-state index contributed by atoms with van der Waals surface area (Å²) in [6.07, 6.45) is 1.81. The largest absolute Gasteiger partial charge is 0.395 e. The molecule has 112 valence electrons. The molecule has 0 heterocycles. The van der Waals surface area contributed by atoms with Crippen molar-refractivity contribution in [3.05, 3.63) is 29.8 Å². The second-order valence-electron chi connectivity index (χ2n) is 4.45. The van der Waals surface area contributed by atoms with Gasteiger partial charge in [0, 0.05) is 16.9 Å². The van der Waals surface area contributed by atoms with Crippen LogP contribution in [0.2, 0.25) is 0 Å². The number of aliphatic hydroxyl groups excluding tert-OH is 1. The second kappa shape index (κ2) is 7.21. The molecule has 1 aromatic carbocycles. The first-order valence-electron chi connectivity index (χ1n) is 6.08. The molecule has 0 radical (unpaired) electrons. The van der Waals surface area contributed by atoms with Crippen molar-refractivity contribution in [2.24, 2.45) is 0 Å². The number of Topliss-reactive ketones (excluding diaryl/α,β-unsaturated/α-hetero) is 1. The van der Waals surface area contributed by atoms with Gasteiger partial charge in [0.25, 0.3) is 0 Å². The third-order valence-electron chi connectivity index (χ3n) is 2.95. The normalized spacial score (nSPS) is 14.8. The molecular formula is C13H19NO4S2. The predicted octanol–water partition coefficient (Wildman–Crippen LogP) is 1.28. The lowest BCUT2D eigenvalue weighted by atomic mass is 10.2. The number of benzene rings is 1. The van der Waals surface area contributed by atoms with Gasteiger partial charge in [0.1, 0.15) is 0 Å². The number of carbonyl (C=O) groups excluding carboxylic acids is 1. The molecule has 0 saturated heterocycles. The number of aliphatic hydroxyl groups is 1. The van der Waals surface area contributed by atoms with E-state index in [-0.39, 0.29) is 22.5 Å². The Labute approximate surface area is 123 Å².